The smallest absolute Gasteiger partial charge is 0.303 e. The molecule has 0 heterocycles. The second-order valence-corrected chi connectivity index (χ2v) is 5.17. The van der Waals surface area contributed by atoms with Crippen molar-refractivity contribution >= 4 is 11.9 Å². The summed E-state index contributed by atoms with van der Waals surface area (Å²) in [6, 6.07) is 0. The fourth-order valence-electron chi connectivity index (χ4n) is 1.81. The lowest BCUT2D eigenvalue weighted by Crippen LogP contribution is -2.17. The van der Waals surface area contributed by atoms with Crippen LogP contribution in [-0.2, 0) is 9.59 Å². The average molecular weight is 269 g/mol. The molecular formula is C15H27NO3. The standard InChI is InChI=1S/C11H18O2.C4H9NO/c12-11(13)9-5-4-8-10-6-2-1-3-7-10;1-4(6)5(2)3/h2,6,10H,1,3-5,7-9H2,(H,12,13);1-3H3/t10-;/m1./s1. The molecule has 0 saturated heterocycles. The minimum absolute atomic E-state index is 0.0926. The third-order valence-corrected chi connectivity index (χ3v) is 3.20. The van der Waals surface area contributed by atoms with Gasteiger partial charge in [0, 0.05) is 27.4 Å². The van der Waals surface area contributed by atoms with Crippen LogP contribution in [0.25, 0.3) is 0 Å². The molecule has 1 N–H and O–H groups in total. The molecule has 110 valence electrons. The van der Waals surface area contributed by atoms with Gasteiger partial charge in [0.15, 0.2) is 0 Å². The topological polar surface area (TPSA) is 57.6 Å². The number of aliphatic carboxylic acids is 1. The van der Waals surface area contributed by atoms with E-state index in [-0.39, 0.29) is 5.91 Å². The predicted molar refractivity (Wildman–Crippen MR) is 77.0 cm³/mol. The van der Waals surface area contributed by atoms with Gasteiger partial charge < -0.3 is 10.0 Å². The SMILES string of the molecule is CC(=O)N(C)C.O=C(O)CCCC[C@@H]1C=CCCC1. The summed E-state index contributed by atoms with van der Waals surface area (Å²) in [7, 11) is 3.45. The fraction of sp³-hybridized carbons (Fsp3) is 0.733. The molecule has 0 unspecified atom stereocenters. The molecule has 0 spiro atoms. The first-order chi connectivity index (χ1) is 8.93. The van der Waals surface area contributed by atoms with E-state index in [1.807, 2.05) is 0 Å². The highest BCUT2D eigenvalue weighted by atomic mass is 16.4. The first kappa shape index (κ1) is 17.7. The Kier molecular flexibility index (Phi) is 9.85. The lowest BCUT2D eigenvalue weighted by atomic mass is 9.91. The zero-order chi connectivity index (χ0) is 14.7. The van der Waals surface area contributed by atoms with Crippen molar-refractivity contribution in [2.75, 3.05) is 14.1 Å². The van der Waals surface area contributed by atoms with Gasteiger partial charge in [-0.2, -0.15) is 0 Å². The zero-order valence-electron chi connectivity index (χ0n) is 12.4. The van der Waals surface area contributed by atoms with Crippen LogP contribution in [0.2, 0.25) is 0 Å². The Bertz CT molecular complexity index is 298. The van der Waals surface area contributed by atoms with Gasteiger partial charge in [0.25, 0.3) is 0 Å². The molecule has 1 aliphatic rings. The largest absolute Gasteiger partial charge is 0.481 e. The molecule has 0 aromatic carbocycles. The van der Waals surface area contributed by atoms with Gasteiger partial charge >= 0.3 is 5.97 Å². The number of amides is 1. The number of hydrogen-bond donors (Lipinski definition) is 1. The summed E-state index contributed by atoms with van der Waals surface area (Å²) in [6.45, 7) is 1.53. The van der Waals surface area contributed by atoms with Crippen LogP contribution in [0.4, 0.5) is 0 Å². The monoisotopic (exact) mass is 269 g/mol. The van der Waals surface area contributed by atoms with E-state index >= 15 is 0 Å². The number of carbonyl (C=O) groups excluding carboxylic acids is 1. The van der Waals surface area contributed by atoms with Crippen LogP contribution in [0.5, 0.6) is 0 Å². The van der Waals surface area contributed by atoms with E-state index in [2.05, 4.69) is 12.2 Å². The van der Waals surface area contributed by atoms with E-state index in [0.717, 1.165) is 18.8 Å². The molecule has 0 radical (unpaired) electrons. The Hall–Kier alpha value is -1.32. The summed E-state index contributed by atoms with van der Waals surface area (Å²) in [5.74, 6) is 0.150. The summed E-state index contributed by atoms with van der Waals surface area (Å²) in [4.78, 5) is 21.8. The molecule has 1 amide bonds. The van der Waals surface area contributed by atoms with Crippen molar-refractivity contribution in [3.63, 3.8) is 0 Å². The van der Waals surface area contributed by atoms with Gasteiger partial charge in [-0.05, 0) is 38.0 Å². The normalized spacial score (nSPS) is 17.3. The summed E-state index contributed by atoms with van der Waals surface area (Å²) < 4.78 is 0. The third kappa shape index (κ3) is 11.5. The molecule has 1 atom stereocenters. The number of carboxylic acid groups (broad SMARTS) is 1. The zero-order valence-corrected chi connectivity index (χ0v) is 12.4. The molecule has 4 heteroatoms. The molecular weight excluding hydrogens is 242 g/mol. The highest BCUT2D eigenvalue weighted by molar-refractivity contribution is 5.72. The molecule has 1 rings (SSSR count). The number of unbranched alkanes of at least 4 members (excludes halogenated alkanes) is 1. The van der Waals surface area contributed by atoms with Crippen LogP contribution in [0.3, 0.4) is 0 Å². The molecule has 0 bridgehead atoms. The third-order valence-electron chi connectivity index (χ3n) is 3.20. The van der Waals surface area contributed by atoms with Crippen LogP contribution in [0, 0.1) is 5.92 Å². The van der Waals surface area contributed by atoms with Crippen molar-refractivity contribution in [2.45, 2.75) is 51.9 Å². The molecule has 0 aromatic rings. The summed E-state index contributed by atoms with van der Waals surface area (Å²) in [5.41, 5.74) is 0. The van der Waals surface area contributed by atoms with Gasteiger partial charge in [-0.15, -0.1) is 0 Å². The minimum Gasteiger partial charge on any atom is -0.481 e. The van der Waals surface area contributed by atoms with Gasteiger partial charge in [0.1, 0.15) is 0 Å². The second kappa shape index (κ2) is 10.6. The Morgan fingerprint density at radius 1 is 1.32 bits per heavy atom. The van der Waals surface area contributed by atoms with Crippen molar-refractivity contribution < 1.29 is 14.7 Å². The first-order valence-corrected chi connectivity index (χ1v) is 6.99. The summed E-state index contributed by atoms with van der Waals surface area (Å²) in [5, 5.41) is 8.44. The first-order valence-electron chi connectivity index (χ1n) is 6.99. The maximum absolute atomic E-state index is 10.2. The average Bonchev–Trinajstić information content (AvgIpc) is 2.36. The van der Waals surface area contributed by atoms with Crippen LogP contribution in [0.15, 0.2) is 12.2 Å². The number of rotatable bonds is 5. The van der Waals surface area contributed by atoms with E-state index < -0.39 is 5.97 Å². The van der Waals surface area contributed by atoms with Crippen LogP contribution >= 0.6 is 0 Å². The van der Waals surface area contributed by atoms with Crippen LogP contribution < -0.4 is 0 Å². The number of nitrogens with zero attached hydrogens (tertiary/aromatic N) is 1. The summed E-state index contributed by atoms with van der Waals surface area (Å²) in [6.07, 6.45) is 11.8. The van der Waals surface area contributed by atoms with Crippen molar-refractivity contribution in [3.05, 3.63) is 12.2 Å². The second-order valence-electron chi connectivity index (χ2n) is 5.17. The predicted octanol–water partition coefficient (Wildman–Crippen LogP) is 3.08. The van der Waals surface area contributed by atoms with Crippen molar-refractivity contribution in [2.24, 2.45) is 5.92 Å². The number of hydrogen-bond acceptors (Lipinski definition) is 2. The highest BCUT2D eigenvalue weighted by Crippen LogP contribution is 2.22. The van der Waals surface area contributed by atoms with Gasteiger partial charge in [-0.3, -0.25) is 9.59 Å². The fourth-order valence-corrected chi connectivity index (χ4v) is 1.81. The Morgan fingerprint density at radius 2 is 1.95 bits per heavy atom. The van der Waals surface area contributed by atoms with Crippen molar-refractivity contribution in [3.8, 4) is 0 Å². The Balaban J connectivity index is 0.000000459. The molecule has 19 heavy (non-hydrogen) atoms. The molecule has 1 aliphatic carbocycles. The minimum atomic E-state index is -0.667. The molecule has 0 aromatic heterocycles. The van der Waals surface area contributed by atoms with Crippen LogP contribution in [-0.4, -0.2) is 36.0 Å². The Labute approximate surface area is 116 Å². The van der Waals surface area contributed by atoms with Gasteiger partial charge in [0.2, 0.25) is 5.91 Å². The van der Waals surface area contributed by atoms with E-state index in [9.17, 15) is 9.59 Å². The number of carbonyl (C=O) groups is 2. The number of carboxylic acids is 1. The van der Waals surface area contributed by atoms with E-state index in [4.69, 9.17) is 5.11 Å². The quantitative estimate of drug-likeness (QED) is 0.616. The highest BCUT2D eigenvalue weighted by Gasteiger charge is 2.07. The molecule has 0 fully saturated rings. The van der Waals surface area contributed by atoms with Gasteiger partial charge in [-0.25, -0.2) is 0 Å². The number of allylic oxidation sites excluding steroid dienone is 2. The lowest BCUT2D eigenvalue weighted by molar-refractivity contribution is -0.137. The molecule has 0 aliphatic heterocycles. The lowest BCUT2D eigenvalue weighted by Gasteiger charge is -2.15. The van der Waals surface area contributed by atoms with E-state index in [0.29, 0.717) is 6.42 Å². The van der Waals surface area contributed by atoms with Crippen LogP contribution in [0.1, 0.15) is 51.9 Å². The van der Waals surface area contributed by atoms with Crippen molar-refractivity contribution in [1.82, 2.24) is 4.90 Å². The van der Waals surface area contributed by atoms with Crippen molar-refractivity contribution in [1.29, 1.82) is 0 Å². The van der Waals surface area contributed by atoms with E-state index in [1.54, 1.807) is 14.1 Å². The Morgan fingerprint density at radius 3 is 2.37 bits per heavy atom. The summed E-state index contributed by atoms with van der Waals surface area (Å²) >= 11 is 0. The van der Waals surface area contributed by atoms with E-state index in [1.165, 1.54) is 37.5 Å². The molecule has 4 nitrogen and oxygen atoms in total. The molecule has 0 saturated carbocycles. The van der Waals surface area contributed by atoms with Gasteiger partial charge in [-0.1, -0.05) is 18.6 Å². The maximum Gasteiger partial charge on any atom is 0.303 e. The van der Waals surface area contributed by atoms with Gasteiger partial charge in [0.05, 0.1) is 0 Å². The maximum atomic E-state index is 10.2.